The molecule has 6 heteroatoms. The molecule has 0 spiro atoms. The van der Waals surface area contributed by atoms with Crippen LogP contribution in [0, 0.1) is 0 Å². The van der Waals surface area contributed by atoms with Gasteiger partial charge in [-0.15, -0.1) is 0 Å². The molecule has 1 aromatic heterocycles. The predicted octanol–water partition coefficient (Wildman–Crippen LogP) is 3.09. The molecule has 21 heavy (non-hydrogen) atoms. The first-order valence-corrected chi connectivity index (χ1v) is 8.55. The summed E-state index contributed by atoms with van der Waals surface area (Å²) in [4.78, 5) is 4.14. The van der Waals surface area contributed by atoms with E-state index >= 15 is 0 Å². The van der Waals surface area contributed by atoms with E-state index in [1.54, 1.807) is 34.8 Å². The fraction of sp³-hybridized carbons (Fsp3) is 0.267. The van der Waals surface area contributed by atoms with Gasteiger partial charge in [0.05, 0.1) is 0 Å². The predicted molar refractivity (Wildman–Crippen MR) is 81.4 cm³/mol. The molecule has 1 saturated carbocycles. The molecule has 0 atom stereocenters. The molecule has 1 heterocycles. The van der Waals surface area contributed by atoms with Crippen molar-refractivity contribution in [1.82, 2.24) is 9.29 Å². The van der Waals surface area contributed by atoms with Crippen molar-refractivity contribution in [3.63, 3.8) is 0 Å². The van der Waals surface area contributed by atoms with E-state index in [0.717, 1.165) is 18.4 Å². The second-order valence-corrected chi connectivity index (χ2v) is 7.43. The summed E-state index contributed by atoms with van der Waals surface area (Å²) in [6.07, 6.45) is 4.76. The Morgan fingerprint density at radius 1 is 1.24 bits per heavy atom. The van der Waals surface area contributed by atoms with Crippen LogP contribution in [0.25, 0.3) is 0 Å². The van der Waals surface area contributed by atoms with Crippen LogP contribution >= 0.6 is 11.6 Å². The molecule has 1 aliphatic carbocycles. The first-order valence-electron chi connectivity index (χ1n) is 6.74. The van der Waals surface area contributed by atoms with E-state index in [-0.39, 0.29) is 10.9 Å². The lowest BCUT2D eigenvalue weighted by Crippen LogP contribution is -2.32. The van der Waals surface area contributed by atoms with E-state index in [2.05, 4.69) is 4.98 Å². The average Bonchev–Trinajstić information content (AvgIpc) is 3.30. The maximum Gasteiger partial charge on any atom is 0.245 e. The molecule has 0 N–H and O–H groups in total. The van der Waals surface area contributed by atoms with E-state index in [1.165, 1.54) is 6.20 Å². The third kappa shape index (κ3) is 3.26. The van der Waals surface area contributed by atoms with Crippen LogP contribution in [0.15, 0.2) is 53.7 Å². The van der Waals surface area contributed by atoms with Gasteiger partial charge in [0.25, 0.3) is 0 Å². The summed E-state index contributed by atoms with van der Waals surface area (Å²) in [5, 5.41) is 0.613. The van der Waals surface area contributed by atoms with Crippen molar-refractivity contribution < 1.29 is 8.42 Å². The van der Waals surface area contributed by atoms with E-state index in [9.17, 15) is 8.42 Å². The van der Waals surface area contributed by atoms with Gasteiger partial charge in [0, 0.05) is 30.0 Å². The Morgan fingerprint density at radius 3 is 2.67 bits per heavy atom. The first-order chi connectivity index (χ1) is 10.1. The van der Waals surface area contributed by atoms with Crippen molar-refractivity contribution in [2.24, 2.45) is 0 Å². The van der Waals surface area contributed by atoms with Crippen molar-refractivity contribution in [1.29, 1.82) is 0 Å². The number of sulfonamides is 1. The number of benzene rings is 1. The normalized spacial score (nSPS) is 15.3. The summed E-state index contributed by atoms with van der Waals surface area (Å²) in [5.74, 6) is 0. The molecular formula is C15H15ClN2O2S. The lowest BCUT2D eigenvalue weighted by molar-refractivity contribution is 0.398. The van der Waals surface area contributed by atoms with Gasteiger partial charge < -0.3 is 0 Å². The lowest BCUT2D eigenvalue weighted by Gasteiger charge is -2.22. The Morgan fingerprint density at radius 2 is 2.05 bits per heavy atom. The second kappa shape index (κ2) is 5.75. The summed E-state index contributed by atoms with van der Waals surface area (Å²) in [6, 6.07) is 10.6. The maximum absolute atomic E-state index is 12.8. The number of aromatic nitrogens is 1. The van der Waals surface area contributed by atoms with Gasteiger partial charge in [-0.1, -0.05) is 23.7 Å². The molecule has 2 aromatic rings. The van der Waals surface area contributed by atoms with E-state index in [1.807, 2.05) is 12.1 Å². The molecule has 1 aromatic carbocycles. The van der Waals surface area contributed by atoms with Gasteiger partial charge in [-0.25, -0.2) is 8.42 Å². The molecule has 1 fully saturated rings. The molecule has 0 radical (unpaired) electrons. The van der Waals surface area contributed by atoms with Gasteiger partial charge in [-0.3, -0.25) is 4.98 Å². The van der Waals surface area contributed by atoms with Crippen LogP contribution in [0.3, 0.4) is 0 Å². The SMILES string of the molecule is O=S(=O)(c1cccnc1)N(Cc1cccc(Cl)c1)C1CC1. The van der Waals surface area contributed by atoms with E-state index < -0.39 is 10.0 Å². The third-order valence-electron chi connectivity index (χ3n) is 3.42. The van der Waals surface area contributed by atoms with Crippen LogP contribution in [-0.2, 0) is 16.6 Å². The number of pyridine rings is 1. The molecule has 0 amide bonds. The zero-order valence-corrected chi connectivity index (χ0v) is 12.9. The molecule has 0 unspecified atom stereocenters. The number of halogens is 1. The lowest BCUT2D eigenvalue weighted by atomic mass is 10.2. The monoisotopic (exact) mass is 322 g/mol. The van der Waals surface area contributed by atoms with Crippen molar-refractivity contribution in [3.8, 4) is 0 Å². The number of rotatable bonds is 5. The fourth-order valence-corrected chi connectivity index (χ4v) is 4.07. The van der Waals surface area contributed by atoms with Crippen molar-refractivity contribution in [2.45, 2.75) is 30.3 Å². The summed E-state index contributed by atoms with van der Waals surface area (Å²) >= 11 is 5.98. The Labute approximate surface area is 129 Å². The Kier molecular flexibility index (Phi) is 3.97. The summed E-state index contributed by atoms with van der Waals surface area (Å²) in [7, 11) is -3.52. The minimum Gasteiger partial charge on any atom is -0.263 e. The smallest absolute Gasteiger partial charge is 0.245 e. The Hall–Kier alpha value is -1.43. The van der Waals surface area contributed by atoms with Gasteiger partial charge in [0.1, 0.15) is 4.90 Å². The van der Waals surface area contributed by atoms with Crippen LogP contribution in [0.4, 0.5) is 0 Å². The molecule has 4 nitrogen and oxygen atoms in total. The van der Waals surface area contributed by atoms with Crippen LogP contribution < -0.4 is 0 Å². The quantitative estimate of drug-likeness (QED) is 0.850. The third-order valence-corrected chi connectivity index (χ3v) is 5.54. The van der Waals surface area contributed by atoms with Crippen LogP contribution in [0.1, 0.15) is 18.4 Å². The zero-order valence-electron chi connectivity index (χ0n) is 11.3. The zero-order chi connectivity index (χ0) is 14.9. The maximum atomic E-state index is 12.8. The molecular weight excluding hydrogens is 308 g/mol. The number of hydrogen-bond donors (Lipinski definition) is 0. The Bertz CT molecular complexity index is 730. The van der Waals surface area contributed by atoms with Crippen LogP contribution in [-0.4, -0.2) is 23.7 Å². The first kappa shape index (κ1) is 14.5. The van der Waals surface area contributed by atoms with Crippen molar-refractivity contribution in [3.05, 3.63) is 59.4 Å². The van der Waals surface area contributed by atoms with E-state index in [0.29, 0.717) is 11.6 Å². The highest BCUT2D eigenvalue weighted by atomic mass is 35.5. The molecule has 3 rings (SSSR count). The minimum atomic E-state index is -3.52. The minimum absolute atomic E-state index is 0.0780. The molecule has 110 valence electrons. The highest BCUT2D eigenvalue weighted by Gasteiger charge is 2.38. The highest BCUT2D eigenvalue weighted by molar-refractivity contribution is 7.89. The molecule has 1 aliphatic rings. The standard InChI is InChI=1S/C15H15ClN2O2S/c16-13-4-1-3-12(9-13)11-18(14-6-7-14)21(19,20)15-5-2-8-17-10-15/h1-5,8-10,14H,6-7,11H2. The molecule has 0 saturated heterocycles. The topological polar surface area (TPSA) is 50.3 Å². The van der Waals surface area contributed by atoms with Gasteiger partial charge in [-0.05, 0) is 42.7 Å². The fourth-order valence-electron chi connectivity index (χ4n) is 2.22. The van der Waals surface area contributed by atoms with Crippen LogP contribution in [0.5, 0.6) is 0 Å². The van der Waals surface area contributed by atoms with Gasteiger partial charge in [0.2, 0.25) is 10.0 Å². The molecule has 0 aliphatic heterocycles. The van der Waals surface area contributed by atoms with Gasteiger partial charge in [-0.2, -0.15) is 4.31 Å². The van der Waals surface area contributed by atoms with E-state index in [4.69, 9.17) is 11.6 Å². The summed E-state index contributed by atoms with van der Waals surface area (Å²) in [5.41, 5.74) is 0.891. The summed E-state index contributed by atoms with van der Waals surface area (Å²) < 4.78 is 27.1. The second-order valence-electron chi connectivity index (χ2n) is 5.10. The average molecular weight is 323 g/mol. The summed E-state index contributed by atoms with van der Waals surface area (Å²) in [6.45, 7) is 0.336. The van der Waals surface area contributed by atoms with Crippen molar-refractivity contribution in [2.75, 3.05) is 0 Å². The highest BCUT2D eigenvalue weighted by Crippen LogP contribution is 2.33. The van der Waals surface area contributed by atoms with Gasteiger partial charge in [0.15, 0.2) is 0 Å². The Balaban J connectivity index is 1.92. The number of nitrogens with zero attached hydrogens (tertiary/aromatic N) is 2. The van der Waals surface area contributed by atoms with Gasteiger partial charge >= 0.3 is 0 Å². The number of hydrogen-bond acceptors (Lipinski definition) is 3. The molecule has 0 bridgehead atoms. The van der Waals surface area contributed by atoms with Crippen LogP contribution in [0.2, 0.25) is 5.02 Å². The largest absolute Gasteiger partial charge is 0.263 e. The van der Waals surface area contributed by atoms with Crippen molar-refractivity contribution >= 4 is 21.6 Å².